The number of carboxylic acids is 1. The van der Waals surface area contributed by atoms with Crippen molar-refractivity contribution in [2.45, 2.75) is 26.2 Å². The predicted octanol–water partition coefficient (Wildman–Crippen LogP) is 3.58. The van der Waals surface area contributed by atoms with Gasteiger partial charge >= 0.3 is 5.97 Å². The molecule has 0 amide bonds. The molecule has 1 aromatic carbocycles. The summed E-state index contributed by atoms with van der Waals surface area (Å²) < 4.78 is 0. The number of ketones is 1. The summed E-state index contributed by atoms with van der Waals surface area (Å²) in [7, 11) is 0. The summed E-state index contributed by atoms with van der Waals surface area (Å²) in [5, 5.41) is 8.71. The normalized spacial score (nSPS) is 22.9. The summed E-state index contributed by atoms with van der Waals surface area (Å²) in [6.45, 7) is 3.81. The molecule has 1 aliphatic rings. The third-order valence-electron chi connectivity index (χ3n) is 3.66. The van der Waals surface area contributed by atoms with Crippen LogP contribution in [0.2, 0.25) is 0 Å². The second kappa shape index (κ2) is 5.87. The lowest BCUT2D eigenvalue weighted by Crippen LogP contribution is -2.22. The van der Waals surface area contributed by atoms with E-state index in [1.54, 1.807) is 6.92 Å². The van der Waals surface area contributed by atoms with Gasteiger partial charge in [-0.05, 0) is 24.0 Å². The lowest BCUT2D eigenvalue weighted by Gasteiger charge is -2.28. The average molecular weight is 270 g/mol. The van der Waals surface area contributed by atoms with Crippen molar-refractivity contribution in [2.75, 3.05) is 0 Å². The minimum atomic E-state index is -0.945. The van der Waals surface area contributed by atoms with E-state index in [2.05, 4.69) is 6.92 Å². The fourth-order valence-electron chi connectivity index (χ4n) is 2.67. The zero-order valence-electron chi connectivity index (χ0n) is 11.7. The van der Waals surface area contributed by atoms with E-state index in [9.17, 15) is 9.59 Å². The van der Waals surface area contributed by atoms with Crippen LogP contribution in [0.5, 0.6) is 0 Å². The highest BCUT2D eigenvalue weighted by molar-refractivity contribution is 5.99. The van der Waals surface area contributed by atoms with E-state index < -0.39 is 5.97 Å². The van der Waals surface area contributed by atoms with E-state index in [-0.39, 0.29) is 17.6 Å². The molecule has 1 N–H and O–H groups in total. The number of carbonyl (C=O) groups excluding carboxylic acids is 1. The highest BCUT2D eigenvalue weighted by Gasteiger charge is 2.29. The lowest BCUT2D eigenvalue weighted by molar-refractivity contribution is -0.131. The Bertz CT molecular complexity index is 596. The van der Waals surface area contributed by atoms with Crippen LogP contribution in [0.4, 0.5) is 0 Å². The van der Waals surface area contributed by atoms with Crippen LogP contribution >= 0.6 is 0 Å². The van der Waals surface area contributed by atoms with Crippen LogP contribution in [0.25, 0.3) is 0 Å². The Morgan fingerprint density at radius 3 is 2.75 bits per heavy atom. The van der Waals surface area contributed by atoms with E-state index in [1.807, 2.05) is 36.4 Å². The van der Waals surface area contributed by atoms with Crippen molar-refractivity contribution in [3.8, 4) is 0 Å². The quantitative estimate of drug-likeness (QED) is 0.674. The first-order chi connectivity index (χ1) is 9.49. The van der Waals surface area contributed by atoms with Crippen LogP contribution in [0.1, 0.15) is 42.1 Å². The van der Waals surface area contributed by atoms with Crippen LogP contribution in [0.15, 0.2) is 48.1 Å². The first-order valence-corrected chi connectivity index (χ1v) is 6.70. The molecule has 0 saturated carbocycles. The molecule has 0 radical (unpaired) electrons. The molecule has 0 saturated heterocycles. The third-order valence-corrected chi connectivity index (χ3v) is 3.66. The van der Waals surface area contributed by atoms with Gasteiger partial charge in [0.25, 0.3) is 0 Å². The van der Waals surface area contributed by atoms with Crippen LogP contribution in [0, 0.1) is 5.92 Å². The smallest absolute Gasteiger partial charge is 0.328 e. The maximum atomic E-state index is 12.0. The molecule has 20 heavy (non-hydrogen) atoms. The van der Waals surface area contributed by atoms with Crippen LogP contribution in [0.3, 0.4) is 0 Å². The number of aliphatic carboxylic acids is 1. The minimum absolute atomic E-state index is 0.154. The van der Waals surface area contributed by atoms with Gasteiger partial charge < -0.3 is 5.11 Å². The highest BCUT2D eigenvalue weighted by atomic mass is 16.4. The number of benzene rings is 1. The fraction of sp³-hybridized carbons (Fsp3) is 0.294. The molecular weight excluding hydrogens is 252 g/mol. The summed E-state index contributed by atoms with van der Waals surface area (Å²) in [4.78, 5) is 22.6. The Kier molecular flexibility index (Phi) is 4.18. The van der Waals surface area contributed by atoms with Gasteiger partial charge in [-0.1, -0.05) is 43.3 Å². The molecule has 0 fully saturated rings. The largest absolute Gasteiger partial charge is 0.478 e. The number of hydrogen-bond acceptors (Lipinski definition) is 2. The van der Waals surface area contributed by atoms with Gasteiger partial charge in [-0.25, -0.2) is 4.79 Å². The first kappa shape index (κ1) is 14.3. The Balaban J connectivity index is 2.32. The van der Waals surface area contributed by atoms with E-state index in [0.29, 0.717) is 12.0 Å². The maximum absolute atomic E-state index is 12.0. The van der Waals surface area contributed by atoms with Crippen LogP contribution < -0.4 is 0 Å². The standard InChI is InChI=1S/C17H18O3/c1-11(9-17(19)20)7-8-13-12(2)10-16(18)15-6-4-3-5-14(13)15/h3-9,12-13H,10H2,1-2H3,(H,19,20)/b8-7+,11-9-/t12-,13?/m1/s1. The molecule has 0 bridgehead atoms. The van der Waals surface area contributed by atoms with Gasteiger partial charge in [0, 0.05) is 24.0 Å². The molecule has 0 spiro atoms. The van der Waals surface area contributed by atoms with Gasteiger partial charge in [-0.3, -0.25) is 4.79 Å². The van der Waals surface area contributed by atoms with Crippen LogP contribution in [-0.4, -0.2) is 16.9 Å². The molecule has 1 aliphatic carbocycles. The fourth-order valence-corrected chi connectivity index (χ4v) is 2.67. The van der Waals surface area contributed by atoms with Gasteiger partial charge in [0.05, 0.1) is 0 Å². The maximum Gasteiger partial charge on any atom is 0.328 e. The van der Waals surface area contributed by atoms with Crippen molar-refractivity contribution in [1.29, 1.82) is 0 Å². The van der Waals surface area contributed by atoms with Crippen molar-refractivity contribution >= 4 is 11.8 Å². The van der Waals surface area contributed by atoms with E-state index in [4.69, 9.17) is 5.11 Å². The van der Waals surface area contributed by atoms with Gasteiger partial charge in [0.2, 0.25) is 0 Å². The molecule has 1 unspecified atom stereocenters. The summed E-state index contributed by atoms with van der Waals surface area (Å²) in [5.74, 6) is -0.373. The van der Waals surface area contributed by atoms with Crippen molar-refractivity contribution < 1.29 is 14.7 Å². The molecule has 0 aliphatic heterocycles. The zero-order valence-corrected chi connectivity index (χ0v) is 11.7. The topological polar surface area (TPSA) is 54.4 Å². The molecule has 3 heteroatoms. The molecule has 1 aromatic rings. The predicted molar refractivity (Wildman–Crippen MR) is 77.8 cm³/mol. The zero-order chi connectivity index (χ0) is 14.7. The summed E-state index contributed by atoms with van der Waals surface area (Å²) in [5.41, 5.74) is 2.52. The Hall–Kier alpha value is -2.16. The summed E-state index contributed by atoms with van der Waals surface area (Å²) in [6.07, 6.45) is 5.54. The second-order valence-corrected chi connectivity index (χ2v) is 5.30. The Morgan fingerprint density at radius 2 is 2.05 bits per heavy atom. The number of rotatable bonds is 3. The van der Waals surface area contributed by atoms with Crippen LogP contribution in [-0.2, 0) is 4.79 Å². The molecule has 2 rings (SSSR count). The number of carboxylic acid groups (broad SMARTS) is 1. The first-order valence-electron chi connectivity index (χ1n) is 6.70. The lowest BCUT2D eigenvalue weighted by atomic mass is 9.75. The molecule has 0 heterocycles. The SMILES string of the molecule is CC(=C/C(=O)O)/C=C/C1c2ccccc2C(=O)C[C@H]1C. The van der Waals surface area contributed by atoms with Crippen molar-refractivity contribution in [2.24, 2.45) is 5.92 Å². The summed E-state index contributed by atoms with van der Waals surface area (Å²) >= 11 is 0. The van der Waals surface area contributed by atoms with E-state index >= 15 is 0 Å². The van der Waals surface area contributed by atoms with Gasteiger partial charge in [0.1, 0.15) is 0 Å². The number of fused-ring (bicyclic) bond motifs is 1. The number of hydrogen-bond donors (Lipinski definition) is 1. The third kappa shape index (κ3) is 3.05. The average Bonchev–Trinajstić information content (AvgIpc) is 2.37. The van der Waals surface area contributed by atoms with Crippen molar-refractivity contribution in [1.82, 2.24) is 0 Å². The summed E-state index contributed by atoms with van der Waals surface area (Å²) in [6, 6.07) is 7.66. The van der Waals surface area contributed by atoms with E-state index in [1.165, 1.54) is 6.08 Å². The van der Waals surface area contributed by atoms with Gasteiger partial charge in [-0.2, -0.15) is 0 Å². The minimum Gasteiger partial charge on any atom is -0.478 e. The molecule has 0 aromatic heterocycles. The molecule has 3 nitrogen and oxygen atoms in total. The molecule has 104 valence electrons. The Labute approximate surface area is 118 Å². The number of Topliss-reactive ketones (excluding diaryl/α,β-unsaturated/α-hetero) is 1. The number of allylic oxidation sites excluding steroid dienone is 3. The Morgan fingerprint density at radius 1 is 1.35 bits per heavy atom. The van der Waals surface area contributed by atoms with Gasteiger partial charge in [-0.15, -0.1) is 0 Å². The monoisotopic (exact) mass is 270 g/mol. The highest BCUT2D eigenvalue weighted by Crippen LogP contribution is 2.36. The van der Waals surface area contributed by atoms with Gasteiger partial charge in [0.15, 0.2) is 5.78 Å². The van der Waals surface area contributed by atoms with Crippen molar-refractivity contribution in [3.63, 3.8) is 0 Å². The number of carbonyl (C=O) groups is 2. The second-order valence-electron chi connectivity index (χ2n) is 5.30. The molecule has 2 atom stereocenters. The van der Waals surface area contributed by atoms with Crippen molar-refractivity contribution in [3.05, 3.63) is 59.2 Å². The molecular formula is C17H18O3. The van der Waals surface area contributed by atoms with E-state index in [0.717, 1.165) is 11.1 Å².